The van der Waals surface area contributed by atoms with Gasteiger partial charge in [-0.2, -0.15) is 0 Å². The third-order valence-electron chi connectivity index (χ3n) is 8.10. The Morgan fingerprint density at radius 3 is 2.69 bits per heavy atom. The van der Waals surface area contributed by atoms with Gasteiger partial charge in [0.15, 0.2) is 17.3 Å². The number of hydrogen-bond acceptors (Lipinski definition) is 5. The number of nitrogens with one attached hydrogen (secondary N) is 1. The van der Waals surface area contributed by atoms with Gasteiger partial charge in [-0.1, -0.05) is 41.9 Å². The minimum atomic E-state index is -1.07. The average Bonchev–Trinajstić information content (AvgIpc) is 3.63. The number of fused-ring (bicyclic) bond motifs is 5. The number of carbonyl (C=O) groups is 2. The molecule has 4 aliphatic rings. The van der Waals surface area contributed by atoms with Crippen LogP contribution in [-0.2, 0) is 10.3 Å². The molecule has 0 bridgehead atoms. The zero-order valence-corrected chi connectivity index (χ0v) is 19.6. The van der Waals surface area contributed by atoms with Gasteiger partial charge in [-0.3, -0.25) is 14.5 Å². The van der Waals surface area contributed by atoms with Crippen molar-refractivity contribution in [1.82, 2.24) is 4.90 Å². The van der Waals surface area contributed by atoms with Crippen molar-refractivity contribution in [2.75, 3.05) is 18.7 Å². The smallest absolute Gasteiger partial charge is 0.250 e. The van der Waals surface area contributed by atoms with Gasteiger partial charge in [0, 0.05) is 33.8 Å². The second kappa shape index (κ2) is 7.57. The maximum absolute atomic E-state index is 14.5. The number of ether oxygens (including phenoxy) is 2. The predicted molar refractivity (Wildman–Crippen MR) is 131 cm³/mol. The lowest BCUT2D eigenvalue weighted by atomic mass is 9.69. The number of carbonyl (C=O) groups excluding carboxylic acids is 2. The molecule has 3 aromatic carbocycles. The third-order valence-corrected chi connectivity index (χ3v) is 8.35. The summed E-state index contributed by atoms with van der Waals surface area (Å²) in [7, 11) is 0. The van der Waals surface area contributed by atoms with Crippen molar-refractivity contribution >= 4 is 29.0 Å². The Bertz CT molecular complexity index is 1370. The summed E-state index contributed by atoms with van der Waals surface area (Å²) >= 11 is 6.22. The topological polar surface area (TPSA) is 67.9 Å². The summed E-state index contributed by atoms with van der Waals surface area (Å²) in [5.41, 5.74) is 2.14. The van der Waals surface area contributed by atoms with Gasteiger partial charge >= 0.3 is 0 Å². The number of benzene rings is 3. The zero-order valence-electron chi connectivity index (χ0n) is 18.9. The average molecular weight is 487 g/mol. The summed E-state index contributed by atoms with van der Waals surface area (Å²) < 4.78 is 11.0. The van der Waals surface area contributed by atoms with Crippen molar-refractivity contribution < 1.29 is 19.1 Å². The highest BCUT2D eigenvalue weighted by molar-refractivity contribution is 6.30. The monoisotopic (exact) mass is 486 g/mol. The molecule has 6 nitrogen and oxygen atoms in total. The van der Waals surface area contributed by atoms with Crippen LogP contribution < -0.4 is 14.8 Å². The third kappa shape index (κ3) is 2.81. The molecule has 0 saturated carbocycles. The molecule has 0 aromatic heterocycles. The van der Waals surface area contributed by atoms with Crippen LogP contribution in [0, 0.1) is 5.92 Å². The van der Waals surface area contributed by atoms with E-state index < -0.39 is 11.5 Å². The van der Waals surface area contributed by atoms with Crippen LogP contribution in [0.5, 0.6) is 11.5 Å². The first-order valence-corrected chi connectivity index (χ1v) is 12.3. The Hall–Kier alpha value is -3.35. The maximum atomic E-state index is 14.5. The molecule has 3 aromatic rings. The Kier molecular flexibility index (Phi) is 4.54. The van der Waals surface area contributed by atoms with Crippen molar-refractivity contribution in [3.05, 3.63) is 88.4 Å². The molecule has 1 N–H and O–H groups in total. The van der Waals surface area contributed by atoms with Gasteiger partial charge in [-0.15, -0.1) is 0 Å². The van der Waals surface area contributed by atoms with E-state index in [4.69, 9.17) is 21.1 Å². The molecule has 4 aliphatic heterocycles. The van der Waals surface area contributed by atoms with E-state index in [1.165, 1.54) is 0 Å². The minimum Gasteiger partial charge on any atom is -0.454 e. The summed E-state index contributed by atoms with van der Waals surface area (Å²) in [6.45, 7) is 0.904. The number of rotatable bonds is 3. The van der Waals surface area contributed by atoms with E-state index in [1.807, 2.05) is 48.5 Å². The Morgan fingerprint density at radius 1 is 1.03 bits per heavy atom. The molecule has 2 saturated heterocycles. The first-order chi connectivity index (χ1) is 17.1. The molecular formula is C28H23ClN2O4. The van der Waals surface area contributed by atoms with Crippen LogP contribution in [0.1, 0.15) is 40.2 Å². The van der Waals surface area contributed by atoms with Gasteiger partial charge in [-0.05, 0) is 61.3 Å². The molecule has 4 heterocycles. The Morgan fingerprint density at radius 2 is 1.83 bits per heavy atom. The van der Waals surface area contributed by atoms with Crippen molar-refractivity contribution in [3.8, 4) is 11.5 Å². The van der Waals surface area contributed by atoms with Crippen LogP contribution in [0.3, 0.4) is 0 Å². The highest BCUT2D eigenvalue weighted by Crippen LogP contribution is 2.61. The molecule has 1 amide bonds. The largest absolute Gasteiger partial charge is 0.454 e. The van der Waals surface area contributed by atoms with E-state index >= 15 is 0 Å². The molecule has 1 spiro atoms. The van der Waals surface area contributed by atoms with Crippen molar-refractivity contribution in [1.29, 1.82) is 0 Å². The van der Waals surface area contributed by atoms with Crippen molar-refractivity contribution in [2.45, 2.75) is 30.3 Å². The molecule has 7 rings (SSSR count). The molecule has 4 atom stereocenters. The second-order valence-corrected chi connectivity index (χ2v) is 10.1. The molecule has 0 aliphatic carbocycles. The maximum Gasteiger partial charge on any atom is 0.250 e. The van der Waals surface area contributed by atoms with Gasteiger partial charge in [-0.25, -0.2) is 0 Å². The Balaban J connectivity index is 1.46. The first-order valence-electron chi connectivity index (χ1n) is 12.0. The van der Waals surface area contributed by atoms with Gasteiger partial charge < -0.3 is 14.8 Å². The van der Waals surface area contributed by atoms with Crippen molar-refractivity contribution in [2.24, 2.45) is 5.92 Å². The number of Topliss-reactive ketones (excluding diaryl/α,β-unsaturated/α-hetero) is 1. The summed E-state index contributed by atoms with van der Waals surface area (Å²) in [5.74, 6) is 0.220. The SMILES string of the molecule is O=C(c1ccc2c(c1)OCO2)[C@H]1[C@@H](c2ccc(Cl)cc2)[C@H]2CCCN2[C@@]12C(=O)Nc1ccccc12. The number of nitrogens with zero attached hydrogens (tertiary/aromatic N) is 1. The number of hydrogen-bond donors (Lipinski definition) is 1. The number of amides is 1. The van der Waals surface area contributed by atoms with Crippen LogP contribution in [0.15, 0.2) is 66.7 Å². The molecule has 7 heteroatoms. The fourth-order valence-electron chi connectivity index (χ4n) is 6.80. The van der Waals surface area contributed by atoms with E-state index in [0.29, 0.717) is 22.1 Å². The van der Waals surface area contributed by atoms with E-state index in [9.17, 15) is 9.59 Å². The van der Waals surface area contributed by atoms with Gasteiger partial charge in [0.25, 0.3) is 0 Å². The lowest BCUT2D eigenvalue weighted by molar-refractivity contribution is -0.127. The fourth-order valence-corrected chi connectivity index (χ4v) is 6.93. The zero-order chi connectivity index (χ0) is 23.7. The fraction of sp³-hybridized carbons (Fsp3) is 0.286. The van der Waals surface area contributed by atoms with Gasteiger partial charge in [0.1, 0.15) is 5.54 Å². The van der Waals surface area contributed by atoms with E-state index in [2.05, 4.69) is 10.2 Å². The summed E-state index contributed by atoms with van der Waals surface area (Å²) in [6, 6.07) is 20.9. The van der Waals surface area contributed by atoms with E-state index in [0.717, 1.165) is 36.2 Å². The van der Waals surface area contributed by atoms with Crippen LogP contribution in [0.2, 0.25) is 5.02 Å². The first kappa shape index (κ1) is 21.0. The minimum absolute atomic E-state index is 0.0653. The normalized spacial score (nSPS) is 28.3. The van der Waals surface area contributed by atoms with Crippen LogP contribution in [0.25, 0.3) is 0 Å². The predicted octanol–water partition coefficient (Wildman–Crippen LogP) is 4.98. The lowest BCUT2D eigenvalue weighted by Crippen LogP contribution is -2.52. The second-order valence-electron chi connectivity index (χ2n) is 9.66. The molecule has 2 fully saturated rings. The van der Waals surface area contributed by atoms with Gasteiger partial charge in [0.2, 0.25) is 12.7 Å². The molecule has 0 radical (unpaired) electrons. The molecule has 176 valence electrons. The number of halogens is 1. The lowest BCUT2D eigenvalue weighted by Gasteiger charge is -2.36. The van der Waals surface area contributed by atoms with Crippen LogP contribution in [0.4, 0.5) is 5.69 Å². The van der Waals surface area contributed by atoms with Gasteiger partial charge in [0.05, 0.1) is 5.92 Å². The quantitative estimate of drug-likeness (QED) is 0.529. The summed E-state index contributed by atoms with van der Waals surface area (Å²) in [6.07, 6.45) is 1.91. The van der Waals surface area contributed by atoms with Crippen LogP contribution in [-0.4, -0.2) is 36.0 Å². The number of para-hydroxylation sites is 1. The van der Waals surface area contributed by atoms with Crippen LogP contribution >= 0.6 is 11.6 Å². The summed E-state index contributed by atoms with van der Waals surface area (Å²) in [5, 5.41) is 3.75. The highest BCUT2D eigenvalue weighted by Gasteiger charge is 2.69. The van der Waals surface area contributed by atoms with E-state index in [-0.39, 0.29) is 30.4 Å². The number of anilines is 1. The summed E-state index contributed by atoms with van der Waals surface area (Å²) in [4.78, 5) is 30.8. The Labute approximate surface area is 207 Å². The van der Waals surface area contributed by atoms with E-state index in [1.54, 1.807) is 18.2 Å². The molecule has 0 unspecified atom stereocenters. The standard InChI is InChI=1S/C28H23ClN2O4/c29-18-10-7-16(8-11-18)24-21-6-3-13-31(21)28(19-4-1-2-5-20(19)30-27(28)33)25(24)26(32)17-9-12-22-23(14-17)35-15-34-22/h1-2,4-5,7-12,14,21,24-25H,3,6,13,15H2,(H,30,33)/t21-,24+,25-,28-/m1/s1. The molecular weight excluding hydrogens is 464 g/mol. The molecule has 35 heavy (non-hydrogen) atoms. The van der Waals surface area contributed by atoms with Crippen molar-refractivity contribution in [3.63, 3.8) is 0 Å². The number of ketones is 1. The highest BCUT2D eigenvalue weighted by atomic mass is 35.5.